The molecule has 1 amide bonds. The van der Waals surface area contributed by atoms with Gasteiger partial charge < -0.3 is 5.11 Å². The summed E-state index contributed by atoms with van der Waals surface area (Å²) in [5.41, 5.74) is 0.0355. The lowest BCUT2D eigenvalue weighted by Crippen LogP contribution is -2.34. The smallest absolute Gasteiger partial charge is 0.259 e. The van der Waals surface area contributed by atoms with Crippen LogP contribution in [0, 0.1) is 22.6 Å². The molecule has 10 heteroatoms. The SMILES string of the molecule is CC(C)c1cc(C#N)c(F)c(C(C)C)c1CC(=O)N=S1(=O)NC=C(C(C)(C)O)SC1=N. The van der Waals surface area contributed by atoms with Crippen LogP contribution >= 0.6 is 11.8 Å². The number of rotatable bonds is 5. The number of benzene rings is 1. The second kappa shape index (κ2) is 9.10. The molecule has 168 valence electrons. The van der Waals surface area contributed by atoms with Crippen molar-refractivity contribution in [3.05, 3.63) is 45.2 Å². The molecular weight excluding hydrogens is 439 g/mol. The molecule has 2 rings (SSSR count). The zero-order valence-electron chi connectivity index (χ0n) is 18.4. The predicted octanol–water partition coefficient (Wildman–Crippen LogP) is 4.28. The maximum atomic E-state index is 14.9. The van der Waals surface area contributed by atoms with Crippen molar-refractivity contribution in [3.8, 4) is 6.07 Å². The van der Waals surface area contributed by atoms with Gasteiger partial charge in [-0.1, -0.05) is 39.5 Å². The Morgan fingerprint density at radius 1 is 1.39 bits per heavy atom. The fourth-order valence-electron chi connectivity index (χ4n) is 3.20. The summed E-state index contributed by atoms with van der Waals surface area (Å²) in [6.07, 6.45) is 0.991. The van der Waals surface area contributed by atoms with Crippen LogP contribution in [0.1, 0.15) is 75.6 Å². The van der Waals surface area contributed by atoms with Gasteiger partial charge in [-0.15, -0.1) is 4.36 Å². The van der Waals surface area contributed by atoms with Crippen molar-refractivity contribution < 1.29 is 18.5 Å². The maximum Gasteiger partial charge on any atom is 0.259 e. The van der Waals surface area contributed by atoms with E-state index in [1.807, 2.05) is 19.9 Å². The molecule has 0 radical (unpaired) electrons. The van der Waals surface area contributed by atoms with Crippen LogP contribution in [0.15, 0.2) is 21.5 Å². The van der Waals surface area contributed by atoms with Gasteiger partial charge in [0.2, 0.25) is 0 Å². The van der Waals surface area contributed by atoms with Crippen molar-refractivity contribution in [2.75, 3.05) is 0 Å². The van der Waals surface area contributed by atoms with Gasteiger partial charge in [-0.2, -0.15) is 5.26 Å². The summed E-state index contributed by atoms with van der Waals surface area (Å²) in [5, 5.41) is 27.4. The number of carbonyl (C=O) groups is 1. The Morgan fingerprint density at radius 3 is 2.45 bits per heavy atom. The number of halogens is 1. The van der Waals surface area contributed by atoms with Gasteiger partial charge in [-0.25, -0.2) is 8.60 Å². The van der Waals surface area contributed by atoms with Crippen LogP contribution in [0.25, 0.3) is 0 Å². The second-order valence-electron chi connectivity index (χ2n) is 8.40. The first-order valence-corrected chi connectivity index (χ1v) is 12.1. The molecule has 1 heterocycles. The Hall–Kier alpha value is -2.22. The number of nitrogens with one attached hydrogen (secondary N) is 2. The summed E-state index contributed by atoms with van der Waals surface area (Å²) in [6, 6.07) is 3.31. The summed E-state index contributed by atoms with van der Waals surface area (Å²) >= 11 is 0.786. The zero-order chi connectivity index (χ0) is 23.7. The Balaban J connectivity index is 2.53. The largest absolute Gasteiger partial charge is 0.385 e. The van der Waals surface area contributed by atoms with Crippen molar-refractivity contribution in [1.82, 2.24) is 4.72 Å². The molecule has 1 aliphatic rings. The highest BCUT2D eigenvalue weighted by Crippen LogP contribution is 2.34. The van der Waals surface area contributed by atoms with Gasteiger partial charge in [0.25, 0.3) is 5.91 Å². The maximum absolute atomic E-state index is 14.9. The summed E-state index contributed by atoms with van der Waals surface area (Å²) < 4.78 is 33.8. The summed E-state index contributed by atoms with van der Waals surface area (Å²) in [4.78, 5) is 13.1. The van der Waals surface area contributed by atoms with Crippen molar-refractivity contribution in [3.63, 3.8) is 0 Å². The van der Waals surface area contributed by atoms with Crippen LogP contribution in [-0.2, 0) is 21.1 Å². The van der Waals surface area contributed by atoms with Crippen molar-refractivity contribution in [2.45, 2.75) is 65.4 Å². The van der Waals surface area contributed by atoms with E-state index < -0.39 is 27.2 Å². The number of aliphatic hydroxyl groups is 1. The molecule has 1 unspecified atom stereocenters. The molecular formula is C21H27FN4O3S2. The van der Waals surface area contributed by atoms with Crippen molar-refractivity contribution >= 4 is 32.0 Å². The van der Waals surface area contributed by atoms with Crippen molar-refractivity contribution in [2.24, 2.45) is 4.36 Å². The van der Waals surface area contributed by atoms with E-state index in [0.29, 0.717) is 16.0 Å². The standard InChI is InChI=1S/C21H27FN4O3S2/c1-11(2)14-7-13(9-23)19(22)18(12(3)4)15(14)8-17(27)26-31(29)20(24)30-16(10-25-31)21(5,6)28/h7,10-12,24,28H,8H2,1-6H3,(H,25,26,27,29). The van der Waals surface area contributed by atoms with E-state index in [0.717, 1.165) is 11.8 Å². The molecule has 0 spiro atoms. The Bertz CT molecular complexity index is 1120. The fourth-order valence-corrected chi connectivity index (χ4v) is 5.69. The third-order valence-electron chi connectivity index (χ3n) is 4.73. The molecule has 1 atom stereocenters. The monoisotopic (exact) mass is 466 g/mol. The number of carbonyl (C=O) groups excluding carboxylic acids is 1. The Labute approximate surface area is 186 Å². The number of amides is 1. The van der Waals surface area contributed by atoms with Crippen LogP contribution in [0.4, 0.5) is 4.39 Å². The average Bonchev–Trinajstić information content (AvgIpc) is 2.62. The van der Waals surface area contributed by atoms with E-state index in [2.05, 4.69) is 9.08 Å². The van der Waals surface area contributed by atoms with Gasteiger partial charge in [-0.05, 0) is 48.4 Å². The first-order valence-electron chi connectivity index (χ1n) is 9.73. The third-order valence-corrected chi connectivity index (χ3v) is 8.08. The first-order chi connectivity index (χ1) is 14.2. The molecule has 31 heavy (non-hydrogen) atoms. The van der Waals surface area contributed by atoms with Crippen LogP contribution in [0.5, 0.6) is 0 Å². The van der Waals surface area contributed by atoms with Crippen LogP contribution in [-0.4, -0.2) is 25.2 Å². The van der Waals surface area contributed by atoms with Crippen LogP contribution in [0.3, 0.4) is 0 Å². The molecule has 0 saturated heterocycles. The van der Waals surface area contributed by atoms with Gasteiger partial charge in [-0.3, -0.25) is 14.9 Å². The normalized spacial score (nSPS) is 19.1. The third kappa shape index (κ3) is 5.34. The van der Waals surface area contributed by atoms with E-state index in [4.69, 9.17) is 5.41 Å². The lowest BCUT2D eigenvalue weighted by atomic mass is 9.85. The van der Waals surface area contributed by atoms with Crippen LogP contribution < -0.4 is 4.72 Å². The van der Waals surface area contributed by atoms with E-state index in [1.54, 1.807) is 13.8 Å². The highest BCUT2D eigenvalue weighted by Gasteiger charge is 2.31. The average molecular weight is 467 g/mol. The molecule has 7 nitrogen and oxygen atoms in total. The zero-order valence-corrected chi connectivity index (χ0v) is 20.0. The molecule has 0 aromatic heterocycles. The highest BCUT2D eigenvalue weighted by atomic mass is 32.3. The van der Waals surface area contributed by atoms with Gasteiger partial charge in [0.1, 0.15) is 11.9 Å². The lowest BCUT2D eigenvalue weighted by molar-refractivity contribution is -0.117. The van der Waals surface area contributed by atoms with E-state index in [-0.39, 0.29) is 33.8 Å². The molecule has 0 fully saturated rings. The van der Waals surface area contributed by atoms with E-state index in [9.17, 15) is 23.8 Å². The number of thioether (sulfide) groups is 1. The minimum atomic E-state index is -3.53. The minimum absolute atomic E-state index is 0.0807. The number of nitrogens with zero attached hydrogens (tertiary/aromatic N) is 2. The molecule has 1 aromatic rings. The molecule has 0 saturated carbocycles. The molecule has 1 aliphatic heterocycles. The molecule has 0 aliphatic carbocycles. The number of hydrogen-bond donors (Lipinski definition) is 3. The number of nitriles is 1. The molecule has 0 bridgehead atoms. The quantitative estimate of drug-likeness (QED) is 0.597. The number of hydrogen-bond acceptors (Lipinski definition) is 6. The van der Waals surface area contributed by atoms with Gasteiger partial charge in [0.15, 0.2) is 14.3 Å². The molecule has 3 N–H and O–H groups in total. The lowest BCUT2D eigenvalue weighted by Gasteiger charge is -2.26. The Morgan fingerprint density at radius 2 is 2.00 bits per heavy atom. The summed E-state index contributed by atoms with van der Waals surface area (Å²) in [6.45, 7) is 10.3. The first kappa shape index (κ1) is 25.0. The fraction of sp³-hybridized carbons (Fsp3) is 0.476. The highest BCUT2D eigenvalue weighted by molar-refractivity contribution is 8.37. The van der Waals surface area contributed by atoms with Gasteiger partial charge in [0.05, 0.1) is 17.6 Å². The second-order valence-corrected chi connectivity index (χ2v) is 11.6. The summed E-state index contributed by atoms with van der Waals surface area (Å²) in [5.74, 6) is -1.80. The van der Waals surface area contributed by atoms with Gasteiger partial charge >= 0.3 is 0 Å². The molecule has 1 aromatic carbocycles. The Kier molecular flexibility index (Phi) is 7.35. The van der Waals surface area contributed by atoms with Crippen molar-refractivity contribution in [1.29, 1.82) is 10.7 Å². The van der Waals surface area contributed by atoms with Crippen LogP contribution in [0.2, 0.25) is 0 Å². The van der Waals surface area contributed by atoms with E-state index >= 15 is 0 Å². The predicted molar refractivity (Wildman–Crippen MR) is 121 cm³/mol. The minimum Gasteiger partial charge on any atom is -0.385 e. The summed E-state index contributed by atoms with van der Waals surface area (Å²) in [7, 11) is -3.53. The van der Waals surface area contributed by atoms with E-state index in [1.165, 1.54) is 26.1 Å². The van der Waals surface area contributed by atoms with Gasteiger partial charge in [0, 0.05) is 11.1 Å². The topological polar surface area (TPSA) is 126 Å².